The Morgan fingerprint density at radius 3 is 2.05 bits per heavy atom. The van der Waals surface area contributed by atoms with Gasteiger partial charge in [0, 0.05) is 18.6 Å². The zero-order valence-corrected chi connectivity index (χ0v) is 22.2. The number of rotatable bonds is 11. The number of benzene rings is 2. The van der Waals surface area contributed by atoms with Crippen molar-refractivity contribution in [2.24, 2.45) is 5.92 Å². The molecule has 2 unspecified atom stereocenters. The van der Waals surface area contributed by atoms with Gasteiger partial charge in [-0.1, -0.05) is 49.7 Å². The predicted molar refractivity (Wildman–Crippen MR) is 136 cm³/mol. The molecule has 0 N–H and O–H groups in total. The van der Waals surface area contributed by atoms with Gasteiger partial charge in [-0.05, 0) is 81.5 Å². The molecule has 2 nitrogen and oxygen atoms in total. The summed E-state index contributed by atoms with van der Waals surface area (Å²) in [5, 5.41) is 10.4. The quantitative estimate of drug-likeness (QED) is 0.267. The second-order valence-corrected chi connectivity index (χ2v) is 10.6. The molecule has 2 aromatic carbocycles. The van der Waals surface area contributed by atoms with E-state index in [1.165, 1.54) is 5.56 Å². The molecule has 0 radical (unpaired) electrons. The molecule has 2 atom stereocenters. The molecule has 1 aliphatic carbocycles. The largest absolute Gasteiger partial charge is 0.417 e. The molecule has 1 saturated carbocycles. The fourth-order valence-electron chi connectivity index (χ4n) is 5.76. The van der Waals surface area contributed by atoms with Crippen LogP contribution in [0, 0.1) is 17.2 Å². The first-order valence-electron chi connectivity index (χ1n) is 13.3. The van der Waals surface area contributed by atoms with Crippen molar-refractivity contribution in [2.75, 3.05) is 6.54 Å². The molecule has 0 aromatic heterocycles. The van der Waals surface area contributed by atoms with Crippen molar-refractivity contribution in [1.82, 2.24) is 4.90 Å². The van der Waals surface area contributed by atoms with E-state index in [4.69, 9.17) is 0 Å². The molecule has 0 bridgehead atoms. The standard InChI is InChI=1S/C30H36F6N2/c1-4-25(38(21(2)3)18-16-22-9-6-5-7-10-22)15-17-28(20-37,23-11-8-12-23)24-13-14-26(29(31,32)33)27(19-24)30(34,35)36/h5-7,9-10,13-14,19,21,23,25H,4,8,11-12,15-18H2,1-3H3. The minimum absolute atomic E-state index is 0.0419. The summed E-state index contributed by atoms with van der Waals surface area (Å²) >= 11 is 0. The number of halogens is 6. The Hall–Kier alpha value is -2.53. The molecular formula is C30H36F6N2. The normalized spacial score (nSPS) is 17.2. The van der Waals surface area contributed by atoms with Gasteiger partial charge >= 0.3 is 12.4 Å². The third-order valence-electron chi connectivity index (χ3n) is 8.12. The maximum atomic E-state index is 13.7. The predicted octanol–water partition coefficient (Wildman–Crippen LogP) is 8.80. The van der Waals surface area contributed by atoms with Crippen LogP contribution in [0.1, 0.15) is 81.5 Å². The molecule has 0 saturated heterocycles. The van der Waals surface area contributed by atoms with Crippen molar-refractivity contribution in [2.45, 2.75) is 95.6 Å². The van der Waals surface area contributed by atoms with Crippen LogP contribution in [-0.4, -0.2) is 23.5 Å². The van der Waals surface area contributed by atoms with Crippen molar-refractivity contribution in [1.29, 1.82) is 5.26 Å². The van der Waals surface area contributed by atoms with E-state index < -0.39 is 28.9 Å². The lowest BCUT2D eigenvalue weighted by Gasteiger charge is -2.43. The van der Waals surface area contributed by atoms with Gasteiger partial charge in [-0.2, -0.15) is 31.6 Å². The molecule has 0 amide bonds. The maximum absolute atomic E-state index is 13.7. The summed E-state index contributed by atoms with van der Waals surface area (Å²) in [4.78, 5) is 2.36. The Kier molecular flexibility index (Phi) is 9.57. The Balaban J connectivity index is 1.93. The highest BCUT2D eigenvalue weighted by Crippen LogP contribution is 2.49. The van der Waals surface area contributed by atoms with Gasteiger partial charge in [-0.15, -0.1) is 0 Å². The van der Waals surface area contributed by atoms with Crippen molar-refractivity contribution in [3.8, 4) is 6.07 Å². The van der Waals surface area contributed by atoms with E-state index in [0.717, 1.165) is 31.9 Å². The van der Waals surface area contributed by atoms with Crippen LogP contribution < -0.4 is 0 Å². The third-order valence-corrected chi connectivity index (χ3v) is 8.12. The van der Waals surface area contributed by atoms with Crippen LogP contribution in [0.5, 0.6) is 0 Å². The van der Waals surface area contributed by atoms with Crippen LogP contribution in [0.15, 0.2) is 48.5 Å². The molecule has 8 heteroatoms. The smallest absolute Gasteiger partial charge is 0.298 e. The van der Waals surface area contributed by atoms with Crippen molar-refractivity contribution >= 4 is 0 Å². The van der Waals surface area contributed by atoms with E-state index in [2.05, 4.69) is 43.9 Å². The third kappa shape index (κ3) is 6.72. The van der Waals surface area contributed by atoms with Crippen molar-refractivity contribution in [3.63, 3.8) is 0 Å². The van der Waals surface area contributed by atoms with Crippen LogP contribution in [0.4, 0.5) is 26.3 Å². The van der Waals surface area contributed by atoms with Gasteiger partial charge in [-0.3, -0.25) is 4.90 Å². The van der Waals surface area contributed by atoms with Crippen molar-refractivity contribution < 1.29 is 26.3 Å². The van der Waals surface area contributed by atoms with Crippen LogP contribution in [-0.2, 0) is 24.2 Å². The molecule has 0 spiro atoms. The molecule has 208 valence electrons. The fourth-order valence-corrected chi connectivity index (χ4v) is 5.76. The zero-order chi connectivity index (χ0) is 28.1. The van der Waals surface area contributed by atoms with Crippen LogP contribution >= 0.6 is 0 Å². The van der Waals surface area contributed by atoms with Crippen molar-refractivity contribution in [3.05, 3.63) is 70.8 Å². The Morgan fingerprint density at radius 1 is 0.947 bits per heavy atom. The zero-order valence-electron chi connectivity index (χ0n) is 22.2. The summed E-state index contributed by atoms with van der Waals surface area (Å²) < 4.78 is 81.5. The summed E-state index contributed by atoms with van der Waals surface area (Å²) in [6, 6.07) is 14.9. The first-order valence-corrected chi connectivity index (χ1v) is 13.3. The molecular weight excluding hydrogens is 502 g/mol. The topological polar surface area (TPSA) is 27.0 Å². The monoisotopic (exact) mass is 538 g/mol. The molecule has 3 rings (SSSR count). The van der Waals surface area contributed by atoms with Crippen LogP contribution in [0.2, 0.25) is 0 Å². The minimum atomic E-state index is -5.18. The van der Waals surface area contributed by atoms with E-state index in [9.17, 15) is 31.6 Å². The number of alkyl halides is 6. The molecule has 38 heavy (non-hydrogen) atoms. The average molecular weight is 539 g/mol. The van der Waals surface area contributed by atoms with Gasteiger partial charge in [0.1, 0.15) is 0 Å². The lowest BCUT2D eigenvalue weighted by molar-refractivity contribution is -0.162. The van der Waals surface area contributed by atoms with Gasteiger partial charge in [0.2, 0.25) is 0 Å². The lowest BCUT2D eigenvalue weighted by atomic mass is 9.60. The first kappa shape index (κ1) is 30.0. The van der Waals surface area contributed by atoms with Gasteiger partial charge < -0.3 is 0 Å². The summed E-state index contributed by atoms with van der Waals surface area (Å²) in [6.45, 7) is 7.05. The average Bonchev–Trinajstić information content (AvgIpc) is 2.82. The number of hydrogen-bond acceptors (Lipinski definition) is 2. The molecule has 1 aliphatic rings. The van der Waals surface area contributed by atoms with Crippen LogP contribution in [0.25, 0.3) is 0 Å². The fraction of sp³-hybridized carbons (Fsp3) is 0.567. The highest BCUT2D eigenvalue weighted by atomic mass is 19.4. The Labute approximate surface area is 221 Å². The van der Waals surface area contributed by atoms with Gasteiger partial charge in [0.25, 0.3) is 0 Å². The summed E-state index contributed by atoms with van der Waals surface area (Å²) in [5.74, 6) is -0.181. The maximum Gasteiger partial charge on any atom is 0.417 e. The van der Waals surface area contributed by atoms with E-state index in [1.807, 2.05) is 18.2 Å². The summed E-state index contributed by atoms with van der Waals surface area (Å²) in [7, 11) is 0. The van der Waals surface area contributed by atoms with E-state index in [0.29, 0.717) is 37.8 Å². The van der Waals surface area contributed by atoms with E-state index in [-0.39, 0.29) is 23.6 Å². The number of hydrogen-bond donors (Lipinski definition) is 0. The second kappa shape index (κ2) is 12.1. The Bertz CT molecular complexity index is 1080. The molecule has 0 heterocycles. The molecule has 0 aliphatic heterocycles. The SMILES string of the molecule is CCC(CCC(C#N)(c1ccc(C(F)(F)F)c(C(F)(F)F)c1)C1CCC1)N(CCc1ccccc1)C(C)C. The molecule has 2 aromatic rings. The highest BCUT2D eigenvalue weighted by molar-refractivity contribution is 5.43. The van der Waals surface area contributed by atoms with Crippen LogP contribution in [0.3, 0.4) is 0 Å². The number of nitrogens with zero attached hydrogens (tertiary/aromatic N) is 2. The lowest BCUT2D eigenvalue weighted by Crippen LogP contribution is -2.44. The van der Waals surface area contributed by atoms with Gasteiger partial charge in [0.05, 0.1) is 22.6 Å². The van der Waals surface area contributed by atoms with E-state index in [1.54, 1.807) is 0 Å². The first-order chi connectivity index (χ1) is 17.8. The minimum Gasteiger partial charge on any atom is -0.298 e. The Morgan fingerprint density at radius 2 is 1.58 bits per heavy atom. The van der Waals surface area contributed by atoms with E-state index >= 15 is 0 Å². The molecule has 1 fully saturated rings. The van der Waals surface area contributed by atoms with Gasteiger partial charge in [0.15, 0.2) is 0 Å². The second-order valence-electron chi connectivity index (χ2n) is 10.6. The summed E-state index contributed by atoms with van der Waals surface area (Å²) in [6.07, 6.45) is -5.62. The summed E-state index contributed by atoms with van der Waals surface area (Å²) in [5.41, 5.74) is -3.45. The number of nitriles is 1. The van der Waals surface area contributed by atoms with Gasteiger partial charge in [-0.25, -0.2) is 0 Å². The highest BCUT2D eigenvalue weighted by Gasteiger charge is 2.48.